The fourth-order valence-electron chi connectivity index (χ4n) is 8.68. The summed E-state index contributed by atoms with van der Waals surface area (Å²) in [5.41, 5.74) is 2.07. The number of rotatable bonds is 7. The predicted octanol–water partition coefficient (Wildman–Crippen LogP) is 4.44. The van der Waals surface area contributed by atoms with Gasteiger partial charge >= 0.3 is 0 Å². The number of alkyl halides is 2. The maximum absolute atomic E-state index is 15.2. The summed E-state index contributed by atoms with van der Waals surface area (Å²) in [6.07, 6.45) is 8.26. The minimum atomic E-state index is -2.72. The van der Waals surface area contributed by atoms with Crippen molar-refractivity contribution in [1.29, 1.82) is 0 Å². The highest BCUT2D eigenvalue weighted by molar-refractivity contribution is 6.04. The summed E-state index contributed by atoms with van der Waals surface area (Å²) in [6.45, 7) is 6.01. The number of carbonyl (C=O) groups is 3. The molecule has 1 unspecified atom stereocenters. The Morgan fingerprint density at radius 1 is 1.08 bits per heavy atom. The number of likely N-dealkylation sites (tertiary alicyclic amines) is 1. The Hall–Kier alpha value is -4.20. The summed E-state index contributed by atoms with van der Waals surface area (Å²) in [6, 6.07) is 5.23. The molecule has 2 aromatic heterocycles. The van der Waals surface area contributed by atoms with E-state index >= 15 is 4.39 Å². The number of aromatic nitrogens is 4. The lowest BCUT2D eigenvalue weighted by Crippen LogP contribution is -2.42. The molecule has 5 heterocycles. The number of aromatic amines is 1. The maximum atomic E-state index is 15.2. The molecule has 0 bridgehead atoms. The lowest BCUT2D eigenvalue weighted by atomic mass is 9.87. The van der Waals surface area contributed by atoms with Gasteiger partial charge in [0.15, 0.2) is 5.69 Å². The minimum absolute atomic E-state index is 0.148. The molecule has 1 saturated carbocycles. The molecular formula is C35H41F3N8O3. The van der Waals surface area contributed by atoms with Gasteiger partial charge in [0.25, 0.3) is 11.8 Å². The monoisotopic (exact) mass is 678 g/mol. The molecular weight excluding hydrogens is 637 g/mol. The van der Waals surface area contributed by atoms with E-state index in [0.717, 1.165) is 58.4 Å². The molecule has 4 fully saturated rings. The molecule has 2 aliphatic carbocycles. The van der Waals surface area contributed by atoms with Gasteiger partial charge in [-0.05, 0) is 62.1 Å². The Kier molecular flexibility index (Phi) is 7.84. The number of anilines is 2. The van der Waals surface area contributed by atoms with E-state index in [4.69, 9.17) is 0 Å². The average Bonchev–Trinajstić information content (AvgIpc) is 3.50. The number of halogens is 3. The first-order valence-electron chi connectivity index (χ1n) is 17.4. The van der Waals surface area contributed by atoms with E-state index in [-0.39, 0.29) is 48.6 Å². The number of H-pyrrole nitrogens is 1. The third kappa shape index (κ3) is 5.71. The average molecular weight is 679 g/mol. The van der Waals surface area contributed by atoms with Gasteiger partial charge in [0, 0.05) is 74.4 Å². The number of carbonyl (C=O) groups excluding carboxylic acids is 3. The van der Waals surface area contributed by atoms with Crippen LogP contribution < -0.4 is 15.5 Å². The van der Waals surface area contributed by atoms with Gasteiger partial charge in [-0.15, -0.1) is 0 Å². The minimum Gasteiger partial charge on any atom is -0.369 e. The van der Waals surface area contributed by atoms with Crippen LogP contribution in [0.1, 0.15) is 84.7 Å². The van der Waals surface area contributed by atoms with Crippen molar-refractivity contribution in [3.8, 4) is 0 Å². The van der Waals surface area contributed by atoms with Crippen LogP contribution in [0.25, 0.3) is 0 Å². The van der Waals surface area contributed by atoms with Gasteiger partial charge in [0.05, 0.1) is 29.5 Å². The molecule has 14 heteroatoms. The summed E-state index contributed by atoms with van der Waals surface area (Å²) in [5.74, 6) is -4.83. The Labute approximate surface area is 282 Å². The molecule has 3 atom stereocenters. The molecule has 8 rings (SSSR count). The van der Waals surface area contributed by atoms with Crippen molar-refractivity contribution < 1.29 is 27.6 Å². The van der Waals surface area contributed by atoms with Crippen molar-refractivity contribution in [3.05, 3.63) is 58.9 Å². The standard InChI is InChI=1S/C35H41F3N8O3/c1-34-16-27-25(15-29(34)35(34,37)38)31(43-42-27)33(49)40-22-17-39-46(19-22)23-8-10-44(11-9-23)18-20-6-12-45(13-7-20)28-4-2-21(14-26(28)36)24-3-5-30(47)41-32(24)48/h2,4,14,17,19-20,23-24,29H,3,5-13,15-16,18H2,1H3,(H,40,49)(H,42,43)(H,41,47,48)/t24?,29-,34+/m0/s1. The van der Waals surface area contributed by atoms with Crippen LogP contribution >= 0.6 is 0 Å². The molecule has 260 valence electrons. The molecule has 11 nitrogen and oxygen atoms in total. The molecule has 0 spiro atoms. The van der Waals surface area contributed by atoms with E-state index in [2.05, 4.69) is 35.7 Å². The van der Waals surface area contributed by atoms with Crippen LogP contribution in [0.15, 0.2) is 30.6 Å². The summed E-state index contributed by atoms with van der Waals surface area (Å²) < 4.78 is 45.7. The van der Waals surface area contributed by atoms with Crippen molar-refractivity contribution in [3.63, 3.8) is 0 Å². The van der Waals surface area contributed by atoms with E-state index in [1.54, 1.807) is 19.2 Å². The number of imide groups is 1. The van der Waals surface area contributed by atoms with Crippen LogP contribution in [0.4, 0.5) is 24.5 Å². The van der Waals surface area contributed by atoms with Crippen molar-refractivity contribution in [2.24, 2.45) is 17.3 Å². The number of amides is 3. The van der Waals surface area contributed by atoms with E-state index in [0.29, 0.717) is 40.5 Å². The fourth-order valence-corrected chi connectivity index (χ4v) is 8.68. The van der Waals surface area contributed by atoms with Crippen LogP contribution in [0.5, 0.6) is 0 Å². The summed E-state index contributed by atoms with van der Waals surface area (Å²) >= 11 is 0. The van der Waals surface area contributed by atoms with E-state index < -0.39 is 29.1 Å². The van der Waals surface area contributed by atoms with Gasteiger partial charge in [0.2, 0.25) is 11.8 Å². The van der Waals surface area contributed by atoms with Crippen molar-refractivity contribution >= 4 is 29.1 Å². The van der Waals surface area contributed by atoms with Crippen molar-refractivity contribution in [2.75, 3.05) is 42.9 Å². The SMILES string of the molecule is C[C@@]12Cc3[nH]nc(C(=O)Nc4cnn(C5CCN(CC6CCN(c7ccc(C8CCC(=O)NC8=O)cc7F)CC6)CC5)c4)c3C[C@@H]1C2(F)F. The van der Waals surface area contributed by atoms with Gasteiger partial charge in [-0.25, -0.2) is 13.2 Å². The number of nitrogens with one attached hydrogen (secondary N) is 3. The molecule has 5 aliphatic rings. The molecule has 1 aromatic carbocycles. The third-order valence-electron chi connectivity index (χ3n) is 11.9. The van der Waals surface area contributed by atoms with Gasteiger partial charge in [-0.1, -0.05) is 13.0 Å². The third-order valence-corrected chi connectivity index (χ3v) is 11.9. The van der Waals surface area contributed by atoms with Gasteiger partial charge in [-0.3, -0.25) is 29.5 Å². The highest BCUT2D eigenvalue weighted by Gasteiger charge is 2.78. The molecule has 3 saturated heterocycles. The number of nitrogens with zero attached hydrogens (tertiary/aromatic N) is 5. The smallest absolute Gasteiger partial charge is 0.276 e. The van der Waals surface area contributed by atoms with Crippen molar-refractivity contribution in [1.82, 2.24) is 30.2 Å². The topological polar surface area (TPSA) is 128 Å². The van der Waals surface area contributed by atoms with Gasteiger partial charge in [-0.2, -0.15) is 10.2 Å². The predicted molar refractivity (Wildman–Crippen MR) is 174 cm³/mol. The molecule has 0 radical (unpaired) electrons. The maximum Gasteiger partial charge on any atom is 0.276 e. The number of hydrogen-bond donors (Lipinski definition) is 3. The molecule has 3 aliphatic heterocycles. The second-order valence-electron chi connectivity index (χ2n) is 14.8. The highest BCUT2D eigenvalue weighted by Crippen LogP contribution is 2.70. The normalized spacial score (nSPS) is 27.4. The molecule has 3 N–H and O–H groups in total. The summed E-state index contributed by atoms with van der Waals surface area (Å²) in [7, 11) is 0. The van der Waals surface area contributed by atoms with Crippen LogP contribution in [-0.4, -0.2) is 81.2 Å². The summed E-state index contributed by atoms with van der Waals surface area (Å²) in [5, 5.41) is 16.7. The van der Waals surface area contributed by atoms with Gasteiger partial charge in [0.1, 0.15) is 5.82 Å². The number of benzene rings is 1. The number of fused-ring (bicyclic) bond motifs is 2. The first kappa shape index (κ1) is 32.0. The Morgan fingerprint density at radius 3 is 2.59 bits per heavy atom. The molecule has 3 aromatic rings. The zero-order valence-electron chi connectivity index (χ0n) is 27.5. The zero-order valence-corrected chi connectivity index (χ0v) is 27.5. The second-order valence-corrected chi connectivity index (χ2v) is 14.8. The largest absolute Gasteiger partial charge is 0.369 e. The first-order chi connectivity index (χ1) is 23.5. The van der Waals surface area contributed by atoms with E-state index in [9.17, 15) is 23.2 Å². The lowest BCUT2D eigenvalue weighted by molar-refractivity contribution is -0.134. The molecule has 3 amide bonds. The van der Waals surface area contributed by atoms with E-state index in [1.165, 1.54) is 6.07 Å². The van der Waals surface area contributed by atoms with E-state index in [1.807, 2.05) is 16.9 Å². The molecule has 49 heavy (non-hydrogen) atoms. The Balaban J connectivity index is 0.793. The second kappa shape index (κ2) is 12.0. The summed E-state index contributed by atoms with van der Waals surface area (Å²) in [4.78, 5) is 41.3. The number of piperidine rings is 3. The zero-order chi connectivity index (χ0) is 34.1. The quantitative estimate of drug-likeness (QED) is 0.316. The van der Waals surface area contributed by atoms with Gasteiger partial charge < -0.3 is 15.1 Å². The van der Waals surface area contributed by atoms with Crippen LogP contribution in [0.3, 0.4) is 0 Å². The number of hydrogen-bond acceptors (Lipinski definition) is 7. The van der Waals surface area contributed by atoms with Crippen LogP contribution in [-0.2, 0) is 22.4 Å². The fraction of sp³-hybridized carbons (Fsp3) is 0.571. The highest BCUT2D eigenvalue weighted by atomic mass is 19.3. The Bertz CT molecular complexity index is 1790. The van der Waals surface area contributed by atoms with Crippen LogP contribution in [0, 0.1) is 23.1 Å². The van der Waals surface area contributed by atoms with Crippen molar-refractivity contribution in [2.45, 2.75) is 76.2 Å². The Morgan fingerprint density at radius 2 is 1.86 bits per heavy atom. The first-order valence-corrected chi connectivity index (χ1v) is 17.4. The van der Waals surface area contributed by atoms with Crippen LogP contribution in [0.2, 0.25) is 0 Å². The lowest BCUT2D eigenvalue weighted by Gasteiger charge is -2.38.